The summed E-state index contributed by atoms with van der Waals surface area (Å²) >= 11 is 0. The summed E-state index contributed by atoms with van der Waals surface area (Å²) in [5.41, 5.74) is 5.32. The standard InChI is InChI=1S/C28H28F2N6O2/c1-15-25(16(2)35-34-15)17-7-9-19(10-8-17)32-28(38)26(33-27(37)24-11-12-31-36(24)3)21-6-4-5-20-22(21)13-18(29)14-23(20)30/h7-14,21,26H,4-6H2,1-3H3,(H,32,38)(H,33,37)(H,34,35)/t21-,26-/m0/s1. The molecule has 2 aromatic carbocycles. The number of benzene rings is 2. The fourth-order valence-electron chi connectivity index (χ4n) is 5.30. The van der Waals surface area contributed by atoms with Crippen LogP contribution in [0.4, 0.5) is 14.5 Å². The number of aromatic amines is 1. The van der Waals surface area contributed by atoms with Gasteiger partial charge in [0, 0.05) is 42.2 Å². The van der Waals surface area contributed by atoms with Crippen LogP contribution >= 0.6 is 0 Å². The maximum absolute atomic E-state index is 14.6. The zero-order valence-corrected chi connectivity index (χ0v) is 21.3. The largest absolute Gasteiger partial charge is 0.338 e. The van der Waals surface area contributed by atoms with Crippen LogP contribution in [0.2, 0.25) is 0 Å². The van der Waals surface area contributed by atoms with E-state index in [1.807, 2.05) is 26.0 Å². The van der Waals surface area contributed by atoms with Crippen molar-refractivity contribution in [2.45, 2.75) is 45.1 Å². The van der Waals surface area contributed by atoms with Gasteiger partial charge in [-0.25, -0.2) is 8.78 Å². The van der Waals surface area contributed by atoms with Gasteiger partial charge >= 0.3 is 0 Å². The van der Waals surface area contributed by atoms with Gasteiger partial charge in [-0.15, -0.1) is 0 Å². The molecule has 0 unspecified atom stereocenters. The molecule has 0 saturated carbocycles. The van der Waals surface area contributed by atoms with Gasteiger partial charge in [-0.05, 0) is 74.1 Å². The Balaban J connectivity index is 1.45. The molecule has 3 N–H and O–H groups in total. The molecule has 2 amide bonds. The molecule has 8 nitrogen and oxygen atoms in total. The molecule has 38 heavy (non-hydrogen) atoms. The second kappa shape index (κ2) is 10.2. The third-order valence-electron chi connectivity index (χ3n) is 7.13. The van der Waals surface area contributed by atoms with Crippen molar-refractivity contribution in [1.82, 2.24) is 25.3 Å². The topological polar surface area (TPSA) is 105 Å². The van der Waals surface area contributed by atoms with Gasteiger partial charge in [0.05, 0.1) is 5.69 Å². The van der Waals surface area contributed by atoms with Crippen LogP contribution in [-0.2, 0) is 18.3 Å². The number of carbonyl (C=O) groups excluding carboxylic acids is 2. The maximum Gasteiger partial charge on any atom is 0.270 e. The quantitative estimate of drug-likeness (QED) is 0.348. The number of aromatic nitrogens is 4. The SMILES string of the molecule is Cc1n[nH]c(C)c1-c1ccc(NC(=O)[C@@H](NC(=O)c2ccnn2C)[C@H]2CCCc3c(F)cc(F)cc32)cc1. The molecule has 5 rings (SSSR count). The van der Waals surface area contributed by atoms with E-state index >= 15 is 0 Å². The molecule has 0 fully saturated rings. The van der Waals surface area contributed by atoms with Gasteiger partial charge in [0.15, 0.2) is 0 Å². The van der Waals surface area contributed by atoms with E-state index in [1.165, 1.54) is 23.0 Å². The van der Waals surface area contributed by atoms with Crippen LogP contribution < -0.4 is 10.6 Å². The van der Waals surface area contributed by atoms with Gasteiger partial charge < -0.3 is 10.6 Å². The van der Waals surface area contributed by atoms with Gasteiger partial charge in [-0.3, -0.25) is 19.4 Å². The lowest BCUT2D eigenvalue weighted by Gasteiger charge is -2.32. The Kier molecular flexibility index (Phi) is 6.79. The summed E-state index contributed by atoms with van der Waals surface area (Å²) in [5, 5.41) is 16.9. The first kappa shape index (κ1) is 25.3. The Morgan fingerprint density at radius 1 is 1.13 bits per heavy atom. The molecule has 0 saturated heterocycles. The number of halogens is 2. The molecule has 1 aliphatic carbocycles. The molecule has 2 aromatic heterocycles. The molecule has 196 valence electrons. The van der Waals surface area contributed by atoms with E-state index in [9.17, 15) is 18.4 Å². The van der Waals surface area contributed by atoms with Gasteiger partial charge in [-0.1, -0.05) is 12.1 Å². The number of hydrogen-bond donors (Lipinski definition) is 3. The van der Waals surface area contributed by atoms with E-state index in [1.54, 1.807) is 19.2 Å². The first-order chi connectivity index (χ1) is 18.2. The Morgan fingerprint density at radius 3 is 2.55 bits per heavy atom. The fraction of sp³-hybridized carbons (Fsp3) is 0.286. The Labute approximate surface area is 218 Å². The van der Waals surface area contributed by atoms with Crippen LogP contribution in [0.1, 0.15) is 51.8 Å². The molecular weight excluding hydrogens is 490 g/mol. The number of anilines is 1. The number of fused-ring (bicyclic) bond motifs is 1. The lowest BCUT2D eigenvalue weighted by molar-refractivity contribution is -0.118. The van der Waals surface area contributed by atoms with Crippen LogP contribution in [0, 0.1) is 25.5 Å². The molecule has 4 aromatic rings. The van der Waals surface area contributed by atoms with Gasteiger partial charge in [0.1, 0.15) is 23.4 Å². The number of aryl methyl sites for hydroxylation is 3. The fourth-order valence-corrected chi connectivity index (χ4v) is 5.30. The summed E-state index contributed by atoms with van der Waals surface area (Å²) in [6.45, 7) is 3.85. The van der Waals surface area contributed by atoms with E-state index < -0.39 is 35.4 Å². The molecule has 2 heterocycles. The zero-order chi connectivity index (χ0) is 27.0. The van der Waals surface area contributed by atoms with Crippen LogP contribution in [-0.4, -0.2) is 37.8 Å². The lowest BCUT2D eigenvalue weighted by atomic mass is 9.78. The number of nitrogens with zero attached hydrogens (tertiary/aromatic N) is 3. The molecule has 0 bridgehead atoms. The normalized spacial score (nSPS) is 15.6. The number of nitrogens with one attached hydrogen (secondary N) is 3. The molecule has 1 aliphatic rings. The van der Waals surface area contributed by atoms with Gasteiger partial charge in [0.2, 0.25) is 5.91 Å². The Hall–Kier alpha value is -4.34. The number of rotatable bonds is 6. The van der Waals surface area contributed by atoms with Crippen molar-refractivity contribution in [3.8, 4) is 11.1 Å². The first-order valence-corrected chi connectivity index (χ1v) is 12.4. The van der Waals surface area contributed by atoms with Crippen molar-refractivity contribution in [1.29, 1.82) is 0 Å². The zero-order valence-electron chi connectivity index (χ0n) is 21.3. The summed E-state index contributed by atoms with van der Waals surface area (Å²) in [6.07, 6.45) is 3.01. The van der Waals surface area contributed by atoms with E-state index in [0.29, 0.717) is 36.1 Å². The average Bonchev–Trinajstić information content (AvgIpc) is 3.47. The predicted molar refractivity (Wildman–Crippen MR) is 139 cm³/mol. The highest BCUT2D eigenvalue weighted by Gasteiger charge is 2.36. The molecular formula is C28H28F2N6O2. The summed E-state index contributed by atoms with van der Waals surface area (Å²) in [7, 11) is 1.62. The molecule has 10 heteroatoms. The second-order valence-electron chi connectivity index (χ2n) is 9.62. The highest BCUT2D eigenvalue weighted by molar-refractivity contribution is 6.01. The number of amides is 2. The minimum Gasteiger partial charge on any atom is -0.338 e. The Morgan fingerprint density at radius 2 is 1.89 bits per heavy atom. The third-order valence-corrected chi connectivity index (χ3v) is 7.13. The van der Waals surface area contributed by atoms with Crippen molar-refractivity contribution in [3.63, 3.8) is 0 Å². The van der Waals surface area contributed by atoms with E-state index in [4.69, 9.17) is 0 Å². The van der Waals surface area contributed by atoms with Crippen LogP contribution in [0.25, 0.3) is 11.1 Å². The smallest absolute Gasteiger partial charge is 0.270 e. The highest BCUT2D eigenvalue weighted by Crippen LogP contribution is 2.37. The number of hydrogen-bond acceptors (Lipinski definition) is 4. The van der Waals surface area contributed by atoms with Crippen LogP contribution in [0.3, 0.4) is 0 Å². The van der Waals surface area contributed by atoms with Gasteiger partial charge in [-0.2, -0.15) is 10.2 Å². The lowest BCUT2D eigenvalue weighted by Crippen LogP contribution is -2.48. The number of H-pyrrole nitrogens is 1. The summed E-state index contributed by atoms with van der Waals surface area (Å²) in [4.78, 5) is 26.8. The van der Waals surface area contributed by atoms with Crippen molar-refractivity contribution in [2.24, 2.45) is 7.05 Å². The highest BCUT2D eigenvalue weighted by atomic mass is 19.1. The van der Waals surface area contributed by atoms with Crippen LogP contribution in [0.5, 0.6) is 0 Å². The molecule has 0 radical (unpaired) electrons. The monoisotopic (exact) mass is 518 g/mol. The number of carbonyl (C=O) groups is 2. The summed E-state index contributed by atoms with van der Waals surface area (Å²) < 4.78 is 30.3. The summed E-state index contributed by atoms with van der Waals surface area (Å²) in [5.74, 6) is -2.95. The predicted octanol–water partition coefficient (Wildman–Crippen LogP) is 4.56. The maximum atomic E-state index is 14.6. The van der Waals surface area contributed by atoms with Crippen molar-refractivity contribution < 1.29 is 18.4 Å². The average molecular weight is 519 g/mol. The van der Waals surface area contributed by atoms with Crippen molar-refractivity contribution in [3.05, 3.63) is 88.5 Å². The minimum atomic E-state index is -1.07. The van der Waals surface area contributed by atoms with E-state index in [2.05, 4.69) is 25.9 Å². The first-order valence-electron chi connectivity index (χ1n) is 12.4. The van der Waals surface area contributed by atoms with Crippen molar-refractivity contribution >= 4 is 17.5 Å². The second-order valence-corrected chi connectivity index (χ2v) is 9.62. The van der Waals surface area contributed by atoms with Gasteiger partial charge in [0.25, 0.3) is 5.91 Å². The molecule has 0 spiro atoms. The molecule has 2 atom stereocenters. The third kappa shape index (κ3) is 4.81. The Bertz CT molecular complexity index is 1490. The minimum absolute atomic E-state index is 0.263. The van der Waals surface area contributed by atoms with Crippen molar-refractivity contribution in [2.75, 3.05) is 5.32 Å². The molecule has 0 aliphatic heterocycles. The summed E-state index contributed by atoms with van der Waals surface area (Å²) in [6, 6.07) is 9.89. The van der Waals surface area contributed by atoms with E-state index in [-0.39, 0.29) is 5.69 Å². The van der Waals surface area contributed by atoms with E-state index in [0.717, 1.165) is 28.6 Å². The van der Waals surface area contributed by atoms with Crippen LogP contribution in [0.15, 0.2) is 48.7 Å².